The third-order valence-electron chi connectivity index (χ3n) is 4.75. The van der Waals surface area contributed by atoms with Crippen molar-refractivity contribution in [3.63, 3.8) is 0 Å². The molecule has 1 amide bonds. The fraction of sp³-hybridized carbons (Fsp3) is 0.579. The van der Waals surface area contributed by atoms with Crippen LogP contribution < -0.4 is 0 Å². The monoisotopic (exact) mass is 341 g/mol. The first-order valence-electron chi connectivity index (χ1n) is 8.93. The van der Waals surface area contributed by atoms with E-state index in [0.717, 1.165) is 49.4 Å². The van der Waals surface area contributed by atoms with Gasteiger partial charge in [0.15, 0.2) is 0 Å². The average Bonchev–Trinajstić information content (AvgIpc) is 3.00. The van der Waals surface area contributed by atoms with Crippen LogP contribution in [0.4, 0.5) is 0 Å². The summed E-state index contributed by atoms with van der Waals surface area (Å²) < 4.78 is 1.82. The molecule has 3 rings (SSSR count). The molecule has 6 nitrogen and oxygen atoms in total. The van der Waals surface area contributed by atoms with E-state index in [0.29, 0.717) is 5.92 Å². The van der Waals surface area contributed by atoms with E-state index in [1.54, 1.807) is 12.5 Å². The molecule has 0 saturated carbocycles. The molecule has 0 N–H and O–H groups in total. The van der Waals surface area contributed by atoms with E-state index >= 15 is 0 Å². The van der Waals surface area contributed by atoms with Crippen LogP contribution in [0.25, 0.3) is 11.4 Å². The van der Waals surface area contributed by atoms with E-state index in [-0.39, 0.29) is 11.3 Å². The summed E-state index contributed by atoms with van der Waals surface area (Å²) >= 11 is 0. The van der Waals surface area contributed by atoms with E-state index < -0.39 is 0 Å². The molecule has 3 heterocycles. The normalized spacial score (nSPS) is 18.4. The molecule has 1 aliphatic heterocycles. The summed E-state index contributed by atoms with van der Waals surface area (Å²) in [6, 6.07) is 4.00. The smallest absolute Gasteiger partial charge is 0.227 e. The lowest BCUT2D eigenvalue weighted by Gasteiger charge is -2.36. The molecule has 0 spiro atoms. The Morgan fingerprint density at radius 1 is 1.32 bits per heavy atom. The molecule has 0 unspecified atom stereocenters. The number of likely N-dealkylation sites (tertiary alicyclic amines) is 1. The van der Waals surface area contributed by atoms with Crippen molar-refractivity contribution in [1.82, 2.24) is 24.6 Å². The first kappa shape index (κ1) is 17.6. The largest absolute Gasteiger partial charge is 0.342 e. The van der Waals surface area contributed by atoms with Crippen LogP contribution in [-0.4, -0.2) is 43.6 Å². The third kappa shape index (κ3) is 4.06. The maximum absolute atomic E-state index is 12.6. The van der Waals surface area contributed by atoms with Crippen LogP contribution in [0.2, 0.25) is 0 Å². The van der Waals surface area contributed by atoms with Gasteiger partial charge < -0.3 is 4.90 Å². The number of carbonyl (C=O) groups excluding carboxylic acids is 1. The number of carbonyl (C=O) groups is 1. The number of rotatable bonds is 3. The van der Waals surface area contributed by atoms with Crippen molar-refractivity contribution >= 4 is 5.91 Å². The molecule has 6 heteroatoms. The first-order chi connectivity index (χ1) is 11.8. The topological polar surface area (TPSA) is 63.9 Å². The summed E-state index contributed by atoms with van der Waals surface area (Å²) in [6.45, 7) is 7.66. The molecule has 2 aromatic rings. The Labute approximate surface area is 149 Å². The van der Waals surface area contributed by atoms with Crippen molar-refractivity contribution in [2.45, 2.75) is 40.0 Å². The van der Waals surface area contributed by atoms with Gasteiger partial charge in [-0.1, -0.05) is 20.8 Å². The van der Waals surface area contributed by atoms with Crippen molar-refractivity contribution in [2.24, 2.45) is 18.4 Å². The predicted octanol–water partition coefficient (Wildman–Crippen LogP) is 2.70. The van der Waals surface area contributed by atoms with Crippen molar-refractivity contribution in [3.8, 4) is 11.4 Å². The van der Waals surface area contributed by atoms with Gasteiger partial charge in [0.05, 0.1) is 11.4 Å². The van der Waals surface area contributed by atoms with E-state index in [1.807, 2.05) is 49.5 Å². The summed E-state index contributed by atoms with van der Waals surface area (Å²) in [7, 11) is 1.91. The molecule has 0 radical (unpaired) electrons. The average molecular weight is 341 g/mol. The molecule has 1 aliphatic rings. The molecule has 1 atom stereocenters. The lowest BCUT2D eigenvalue weighted by atomic mass is 9.89. The van der Waals surface area contributed by atoms with Gasteiger partial charge in [0.25, 0.3) is 0 Å². The van der Waals surface area contributed by atoms with Gasteiger partial charge in [-0.25, -0.2) is 9.97 Å². The van der Waals surface area contributed by atoms with Gasteiger partial charge in [0.1, 0.15) is 6.33 Å². The molecule has 0 aromatic carbocycles. The Bertz CT molecular complexity index is 746. The number of amides is 1. The number of piperidine rings is 1. The van der Waals surface area contributed by atoms with Crippen LogP contribution in [0, 0.1) is 11.3 Å². The van der Waals surface area contributed by atoms with Crippen molar-refractivity contribution < 1.29 is 4.79 Å². The fourth-order valence-electron chi connectivity index (χ4n) is 3.46. The predicted molar refractivity (Wildman–Crippen MR) is 96.7 cm³/mol. The van der Waals surface area contributed by atoms with Gasteiger partial charge in [-0.15, -0.1) is 0 Å². The Morgan fingerprint density at radius 3 is 2.80 bits per heavy atom. The van der Waals surface area contributed by atoms with Crippen LogP contribution >= 0.6 is 0 Å². The molecule has 134 valence electrons. The van der Waals surface area contributed by atoms with Crippen LogP contribution in [0.3, 0.4) is 0 Å². The molecule has 1 fully saturated rings. The fourth-order valence-corrected chi connectivity index (χ4v) is 3.46. The Balaban J connectivity index is 1.70. The minimum Gasteiger partial charge on any atom is -0.342 e. The summed E-state index contributed by atoms with van der Waals surface area (Å²) in [5.74, 6) is 0.699. The first-order valence-corrected chi connectivity index (χ1v) is 8.93. The molecule has 25 heavy (non-hydrogen) atoms. The minimum absolute atomic E-state index is 0.246. The molecular weight excluding hydrogens is 314 g/mol. The Morgan fingerprint density at radius 2 is 2.12 bits per heavy atom. The lowest BCUT2D eigenvalue weighted by Crippen LogP contribution is -2.45. The second-order valence-corrected chi connectivity index (χ2v) is 7.95. The van der Waals surface area contributed by atoms with Crippen molar-refractivity contribution in [3.05, 3.63) is 30.4 Å². The quantitative estimate of drug-likeness (QED) is 0.861. The highest BCUT2D eigenvalue weighted by Gasteiger charge is 2.31. The molecular formula is C19H27N5O. The zero-order valence-electron chi connectivity index (χ0n) is 15.6. The molecule has 0 bridgehead atoms. The number of hydrogen-bond acceptors (Lipinski definition) is 4. The van der Waals surface area contributed by atoms with Crippen molar-refractivity contribution in [1.29, 1.82) is 0 Å². The van der Waals surface area contributed by atoms with E-state index in [2.05, 4.69) is 15.1 Å². The highest BCUT2D eigenvalue weighted by Crippen LogP contribution is 2.26. The van der Waals surface area contributed by atoms with Gasteiger partial charge in [0.2, 0.25) is 5.91 Å². The van der Waals surface area contributed by atoms with E-state index in [1.165, 1.54) is 0 Å². The second-order valence-electron chi connectivity index (χ2n) is 7.95. The zero-order chi connectivity index (χ0) is 18.0. The van der Waals surface area contributed by atoms with Crippen LogP contribution in [0.1, 0.15) is 39.3 Å². The van der Waals surface area contributed by atoms with Gasteiger partial charge in [-0.3, -0.25) is 9.48 Å². The number of aromatic nitrogens is 4. The zero-order valence-corrected chi connectivity index (χ0v) is 15.6. The summed E-state index contributed by atoms with van der Waals surface area (Å²) in [5, 5.41) is 4.20. The number of nitrogens with zero attached hydrogens (tertiary/aromatic N) is 5. The van der Waals surface area contributed by atoms with Gasteiger partial charge in [0, 0.05) is 37.4 Å². The van der Waals surface area contributed by atoms with Gasteiger partial charge in [-0.2, -0.15) is 5.10 Å². The SMILES string of the molecule is Cn1nccc1-c1cc(C[C@@H]2CCCN(C(=O)C(C)(C)C)C2)ncn1. The maximum atomic E-state index is 12.6. The van der Waals surface area contributed by atoms with Crippen LogP contribution in [0.15, 0.2) is 24.7 Å². The number of hydrogen-bond donors (Lipinski definition) is 0. The lowest BCUT2D eigenvalue weighted by molar-refractivity contribution is -0.141. The second kappa shape index (κ2) is 6.94. The van der Waals surface area contributed by atoms with E-state index in [4.69, 9.17) is 0 Å². The molecule has 1 saturated heterocycles. The van der Waals surface area contributed by atoms with Crippen LogP contribution in [-0.2, 0) is 18.3 Å². The summed E-state index contributed by atoms with van der Waals surface area (Å²) in [5.41, 5.74) is 2.59. The summed E-state index contributed by atoms with van der Waals surface area (Å²) in [6.07, 6.45) is 6.47. The van der Waals surface area contributed by atoms with Gasteiger partial charge >= 0.3 is 0 Å². The van der Waals surface area contributed by atoms with Crippen LogP contribution in [0.5, 0.6) is 0 Å². The summed E-state index contributed by atoms with van der Waals surface area (Å²) in [4.78, 5) is 23.4. The minimum atomic E-state index is -0.316. The number of aryl methyl sites for hydroxylation is 1. The third-order valence-corrected chi connectivity index (χ3v) is 4.75. The highest BCUT2D eigenvalue weighted by atomic mass is 16.2. The molecule has 2 aromatic heterocycles. The highest BCUT2D eigenvalue weighted by molar-refractivity contribution is 5.81. The Kier molecular flexibility index (Phi) is 4.88. The van der Waals surface area contributed by atoms with Crippen molar-refractivity contribution in [2.75, 3.05) is 13.1 Å². The standard InChI is InChI=1S/C19H27N5O/c1-19(2,3)18(25)24-9-5-6-14(12-24)10-15-11-16(21-13-20-15)17-7-8-22-23(17)4/h7-8,11,13-14H,5-6,9-10,12H2,1-4H3/t14-/m0/s1. The molecule has 0 aliphatic carbocycles. The van der Waals surface area contributed by atoms with Gasteiger partial charge in [-0.05, 0) is 37.3 Å². The van der Waals surface area contributed by atoms with E-state index in [9.17, 15) is 4.79 Å². The Hall–Kier alpha value is -2.24. The maximum Gasteiger partial charge on any atom is 0.227 e.